The third-order valence-corrected chi connectivity index (χ3v) is 3.53. The van der Waals surface area contributed by atoms with Crippen molar-refractivity contribution in [3.05, 3.63) is 0 Å². The van der Waals surface area contributed by atoms with Gasteiger partial charge in [0.15, 0.2) is 0 Å². The van der Waals surface area contributed by atoms with Gasteiger partial charge >= 0.3 is 5.97 Å². The third kappa shape index (κ3) is 3.67. The minimum Gasteiger partial charge on any atom is -0.465 e. The molecule has 106 valence electrons. The highest BCUT2D eigenvalue weighted by atomic mass is 16.5. The second-order valence-electron chi connectivity index (χ2n) is 5.22. The molecule has 1 rings (SSSR count). The highest BCUT2D eigenvalue weighted by Crippen LogP contribution is 2.16. The van der Waals surface area contributed by atoms with Gasteiger partial charge in [-0.05, 0) is 34.7 Å². The maximum absolute atomic E-state index is 12.0. The highest BCUT2D eigenvalue weighted by molar-refractivity contribution is 5.80. The lowest BCUT2D eigenvalue weighted by Crippen LogP contribution is -2.60. The molecule has 1 aliphatic heterocycles. The second kappa shape index (κ2) is 6.50. The van der Waals surface area contributed by atoms with Gasteiger partial charge in [-0.25, -0.2) is 0 Å². The molecule has 3 unspecified atom stereocenters. The molecule has 1 aliphatic rings. The zero-order valence-electron chi connectivity index (χ0n) is 12.2. The molecule has 18 heavy (non-hydrogen) atoms. The lowest BCUT2D eigenvalue weighted by atomic mass is 10.0. The molecule has 3 atom stereocenters. The summed E-state index contributed by atoms with van der Waals surface area (Å²) in [7, 11) is 1.80. The molecule has 0 aromatic heterocycles. The van der Waals surface area contributed by atoms with Gasteiger partial charge in [0.25, 0.3) is 0 Å². The fraction of sp³-hybridized carbons (Fsp3) is 0.923. The number of carbonyl (C=O) groups is 1. The van der Waals surface area contributed by atoms with Gasteiger partial charge in [-0.1, -0.05) is 0 Å². The van der Waals surface area contributed by atoms with Crippen LogP contribution in [0.15, 0.2) is 0 Å². The van der Waals surface area contributed by atoms with Crippen molar-refractivity contribution in [1.29, 1.82) is 0 Å². The van der Waals surface area contributed by atoms with Crippen LogP contribution in [0.25, 0.3) is 0 Å². The maximum Gasteiger partial charge on any atom is 0.327 e. The quantitative estimate of drug-likeness (QED) is 0.733. The molecule has 1 fully saturated rings. The Morgan fingerprint density at radius 2 is 2.22 bits per heavy atom. The van der Waals surface area contributed by atoms with Gasteiger partial charge < -0.3 is 14.8 Å². The van der Waals surface area contributed by atoms with E-state index in [4.69, 9.17) is 9.47 Å². The Kier molecular flexibility index (Phi) is 5.56. The van der Waals surface area contributed by atoms with Crippen LogP contribution in [0.4, 0.5) is 0 Å². The SMILES string of the molecule is CCOC(=O)C(C)(CN1CC(C)OCC1C)NC. The van der Waals surface area contributed by atoms with Crippen molar-refractivity contribution in [2.24, 2.45) is 0 Å². The van der Waals surface area contributed by atoms with Crippen molar-refractivity contribution in [3.8, 4) is 0 Å². The Bertz CT molecular complexity index is 285. The van der Waals surface area contributed by atoms with E-state index in [9.17, 15) is 4.79 Å². The fourth-order valence-electron chi connectivity index (χ4n) is 2.13. The number of likely N-dealkylation sites (N-methyl/N-ethyl adjacent to an activating group) is 1. The minimum absolute atomic E-state index is 0.196. The summed E-state index contributed by atoms with van der Waals surface area (Å²) in [6.07, 6.45) is 0.213. The van der Waals surface area contributed by atoms with Gasteiger partial charge in [-0.15, -0.1) is 0 Å². The molecule has 1 N–H and O–H groups in total. The zero-order chi connectivity index (χ0) is 13.8. The topological polar surface area (TPSA) is 50.8 Å². The fourth-order valence-corrected chi connectivity index (χ4v) is 2.13. The molecule has 0 saturated carbocycles. The molecule has 5 heteroatoms. The molecule has 0 aliphatic carbocycles. The van der Waals surface area contributed by atoms with E-state index in [1.807, 2.05) is 13.8 Å². The van der Waals surface area contributed by atoms with E-state index in [0.29, 0.717) is 25.8 Å². The first-order valence-electron chi connectivity index (χ1n) is 6.64. The number of hydrogen-bond acceptors (Lipinski definition) is 5. The number of rotatable bonds is 5. The lowest BCUT2D eigenvalue weighted by Gasteiger charge is -2.41. The number of hydrogen-bond donors (Lipinski definition) is 1. The summed E-state index contributed by atoms with van der Waals surface area (Å²) >= 11 is 0. The first-order valence-corrected chi connectivity index (χ1v) is 6.64. The van der Waals surface area contributed by atoms with Crippen LogP contribution in [0, 0.1) is 0 Å². The number of morpholine rings is 1. The van der Waals surface area contributed by atoms with E-state index >= 15 is 0 Å². The van der Waals surface area contributed by atoms with Crippen LogP contribution < -0.4 is 5.32 Å². The molecule has 0 aromatic rings. The number of ether oxygens (including phenoxy) is 2. The molecule has 0 bridgehead atoms. The van der Waals surface area contributed by atoms with E-state index in [2.05, 4.69) is 24.1 Å². The Hall–Kier alpha value is -0.650. The summed E-state index contributed by atoms with van der Waals surface area (Å²) < 4.78 is 10.7. The van der Waals surface area contributed by atoms with Crippen molar-refractivity contribution in [3.63, 3.8) is 0 Å². The standard InChI is InChI=1S/C13H26N2O3/c1-6-17-12(16)13(4,14-5)9-15-7-11(3)18-8-10(15)2/h10-11,14H,6-9H2,1-5H3. The predicted molar refractivity (Wildman–Crippen MR) is 70.5 cm³/mol. The van der Waals surface area contributed by atoms with E-state index < -0.39 is 5.54 Å². The number of nitrogens with zero attached hydrogens (tertiary/aromatic N) is 1. The van der Waals surface area contributed by atoms with Crippen molar-refractivity contribution < 1.29 is 14.3 Å². The molecule has 0 spiro atoms. The normalized spacial score (nSPS) is 28.7. The van der Waals surface area contributed by atoms with E-state index in [1.165, 1.54) is 0 Å². The largest absolute Gasteiger partial charge is 0.465 e. The van der Waals surface area contributed by atoms with Crippen LogP contribution in [0.2, 0.25) is 0 Å². The van der Waals surface area contributed by atoms with Crippen molar-refractivity contribution >= 4 is 5.97 Å². The first kappa shape index (κ1) is 15.4. The summed E-state index contributed by atoms with van der Waals surface area (Å²) in [5.74, 6) is -0.196. The minimum atomic E-state index is -0.665. The Balaban J connectivity index is 2.68. The van der Waals surface area contributed by atoms with Gasteiger partial charge in [0, 0.05) is 19.1 Å². The lowest BCUT2D eigenvalue weighted by molar-refractivity contribution is -0.152. The summed E-state index contributed by atoms with van der Waals surface area (Å²) in [5, 5.41) is 3.09. The van der Waals surface area contributed by atoms with Gasteiger partial charge in [0.2, 0.25) is 0 Å². The average molecular weight is 258 g/mol. The van der Waals surface area contributed by atoms with Crippen molar-refractivity contribution in [1.82, 2.24) is 10.2 Å². The van der Waals surface area contributed by atoms with Crippen LogP contribution in [-0.4, -0.2) is 61.9 Å². The van der Waals surface area contributed by atoms with Crippen LogP contribution >= 0.6 is 0 Å². The molecular formula is C13H26N2O3. The number of esters is 1. The maximum atomic E-state index is 12.0. The summed E-state index contributed by atoms with van der Waals surface area (Å²) in [6, 6.07) is 0.323. The third-order valence-electron chi connectivity index (χ3n) is 3.53. The molecule has 1 heterocycles. The summed E-state index contributed by atoms with van der Waals surface area (Å²) in [5.41, 5.74) is -0.665. The van der Waals surface area contributed by atoms with Gasteiger partial charge in [-0.3, -0.25) is 9.69 Å². The van der Waals surface area contributed by atoms with E-state index in [-0.39, 0.29) is 12.1 Å². The molecule has 0 radical (unpaired) electrons. The van der Waals surface area contributed by atoms with Crippen LogP contribution in [0.3, 0.4) is 0 Å². The molecule has 1 saturated heterocycles. The summed E-state index contributed by atoms with van der Waals surface area (Å²) in [4.78, 5) is 14.3. The highest BCUT2D eigenvalue weighted by Gasteiger charge is 2.37. The van der Waals surface area contributed by atoms with Crippen molar-refractivity contribution in [2.75, 3.05) is 33.4 Å². The van der Waals surface area contributed by atoms with Crippen LogP contribution in [-0.2, 0) is 14.3 Å². The average Bonchev–Trinajstić information content (AvgIpc) is 2.34. The number of nitrogens with one attached hydrogen (secondary N) is 1. The van der Waals surface area contributed by atoms with Gasteiger partial charge in [-0.2, -0.15) is 0 Å². The Morgan fingerprint density at radius 1 is 1.56 bits per heavy atom. The van der Waals surface area contributed by atoms with Gasteiger partial charge in [0.1, 0.15) is 5.54 Å². The monoisotopic (exact) mass is 258 g/mol. The zero-order valence-corrected chi connectivity index (χ0v) is 12.2. The molecule has 5 nitrogen and oxygen atoms in total. The van der Waals surface area contributed by atoms with Gasteiger partial charge in [0.05, 0.1) is 19.3 Å². The predicted octanol–water partition coefficient (Wildman–Crippen LogP) is 0.637. The molecule has 0 aromatic carbocycles. The van der Waals surface area contributed by atoms with Crippen molar-refractivity contribution in [2.45, 2.75) is 45.4 Å². The van der Waals surface area contributed by atoms with Crippen LogP contribution in [0.1, 0.15) is 27.7 Å². The Labute approximate surface area is 110 Å². The summed E-state index contributed by atoms with van der Waals surface area (Å²) in [6.45, 7) is 10.5. The molecule has 0 amide bonds. The van der Waals surface area contributed by atoms with E-state index in [1.54, 1.807) is 7.05 Å². The smallest absolute Gasteiger partial charge is 0.327 e. The van der Waals surface area contributed by atoms with Crippen LogP contribution in [0.5, 0.6) is 0 Å². The first-order chi connectivity index (χ1) is 8.42. The van der Waals surface area contributed by atoms with E-state index in [0.717, 1.165) is 6.54 Å². The second-order valence-corrected chi connectivity index (χ2v) is 5.22. The number of carbonyl (C=O) groups excluding carboxylic acids is 1. The molecular weight excluding hydrogens is 232 g/mol. The Morgan fingerprint density at radius 3 is 2.78 bits per heavy atom.